The van der Waals surface area contributed by atoms with Crippen molar-refractivity contribution in [3.8, 4) is 0 Å². The van der Waals surface area contributed by atoms with Gasteiger partial charge in [0.25, 0.3) is 0 Å². The highest BCUT2D eigenvalue weighted by Crippen LogP contribution is 2.20. The Balaban J connectivity index is 1.85. The molecule has 120 valence electrons. The number of benzene rings is 2. The molecule has 0 aromatic heterocycles. The summed E-state index contributed by atoms with van der Waals surface area (Å²) in [6, 6.07) is 13.0. The van der Waals surface area contributed by atoms with Crippen LogP contribution in [0, 0.1) is 6.92 Å². The van der Waals surface area contributed by atoms with Gasteiger partial charge in [0.2, 0.25) is 5.91 Å². The highest BCUT2D eigenvalue weighted by atomic mass is 79.9. The molecule has 0 spiro atoms. The predicted octanol–water partition coefficient (Wildman–Crippen LogP) is 4.40. The fraction of sp³-hybridized carbons (Fsp3) is 0.222. The molecule has 23 heavy (non-hydrogen) atoms. The number of Topliss-reactive ketones (excluding diaryl/α,β-unsaturated/α-hetero) is 1. The molecule has 0 atom stereocenters. The summed E-state index contributed by atoms with van der Waals surface area (Å²) in [6.07, 6.45) is 0.347. The standard InChI is InChI=1S/C18H19BrN2O2/c1-12-10-15(19)6-7-17(12)21-18(23)8-9-20-16-5-3-4-14(11-16)13(2)22/h3-7,10-11,20H,8-9H2,1-2H3,(H,21,23). The van der Waals surface area contributed by atoms with Crippen molar-refractivity contribution in [2.24, 2.45) is 0 Å². The van der Waals surface area contributed by atoms with Crippen molar-refractivity contribution in [2.45, 2.75) is 20.3 Å². The Morgan fingerprint density at radius 3 is 2.61 bits per heavy atom. The fourth-order valence-electron chi connectivity index (χ4n) is 2.15. The predicted molar refractivity (Wildman–Crippen MR) is 97.1 cm³/mol. The van der Waals surface area contributed by atoms with Crippen LogP contribution in [0.1, 0.15) is 29.3 Å². The largest absolute Gasteiger partial charge is 0.385 e. The van der Waals surface area contributed by atoms with Gasteiger partial charge in [-0.1, -0.05) is 28.1 Å². The monoisotopic (exact) mass is 374 g/mol. The van der Waals surface area contributed by atoms with Gasteiger partial charge in [0.15, 0.2) is 5.78 Å². The summed E-state index contributed by atoms with van der Waals surface area (Å²) in [7, 11) is 0. The Kier molecular flexibility index (Phi) is 5.93. The second kappa shape index (κ2) is 7.92. The van der Waals surface area contributed by atoms with E-state index in [1.54, 1.807) is 12.1 Å². The molecule has 5 heteroatoms. The summed E-state index contributed by atoms with van der Waals surface area (Å²) < 4.78 is 0.986. The van der Waals surface area contributed by atoms with Gasteiger partial charge in [0, 0.05) is 34.4 Å². The van der Waals surface area contributed by atoms with E-state index < -0.39 is 0 Å². The van der Waals surface area contributed by atoms with Crippen molar-refractivity contribution in [3.63, 3.8) is 0 Å². The van der Waals surface area contributed by atoms with Gasteiger partial charge in [-0.05, 0) is 49.7 Å². The average Bonchev–Trinajstić information content (AvgIpc) is 2.50. The van der Waals surface area contributed by atoms with E-state index in [0.29, 0.717) is 18.5 Å². The van der Waals surface area contributed by atoms with E-state index in [0.717, 1.165) is 21.4 Å². The molecule has 0 fully saturated rings. The zero-order valence-corrected chi connectivity index (χ0v) is 14.7. The van der Waals surface area contributed by atoms with Gasteiger partial charge >= 0.3 is 0 Å². The number of hydrogen-bond acceptors (Lipinski definition) is 3. The molecule has 0 saturated carbocycles. The summed E-state index contributed by atoms with van der Waals surface area (Å²) in [5.74, 6) is -0.0252. The molecule has 4 nitrogen and oxygen atoms in total. The van der Waals surface area contributed by atoms with E-state index in [-0.39, 0.29) is 11.7 Å². The maximum absolute atomic E-state index is 12.0. The molecular formula is C18H19BrN2O2. The minimum Gasteiger partial charge on any atom is -0.385 e. The van der Waals surface area contributed by atoms with Gasteiger partial charge in [0.1, 0.15) is 0 Å². The minimum atomic E-state index is -0.0503. The van der Waals surface area contributed by atoms with Crippen LogP contribution in [-0.2, 0) is 4.79 Å². The van der Waals surface area contributed by atoms with Gasteiger partial charge in [-0.25, -0.2) is 0 Å². The molecule has 2 aromatic carbocycles. The number of hydrogen-bond donors (Lipinski definition) is 2. The van der Waals surface area contributed by atoms with Crippen LogP contribution < -0.4 is 10.6 Å². The molecule has 0 unspecified atom stereocenters. The number of carbonyl (C=O) groups is 2. The maximum atomic E-state index is 12.0. The van der Waals surface area contributed by atoms with E-state index in [9.17, 15) is 9.59 Å². The van der Waals surface area contributed by atoms with Crippen LogP contribution in [0.4, 0.5) is 11.4 Å². The molecule has 2 rings (SSSR count). The lowest BCUT2D eigenvalue weighted by atomic mass is 10.1. The van der Waals surface area contributed by atoms with E-state index in [4.69, 9.17) is 0 Å². The molecule has 1 amide bonds. The number of ketones is 1. The fourth-order valence-corrected chi connectivity index (χ4v) is 2.62. The Morgan fingerprint density at radius 2 is 1.91 bits per heavy atom. The Bertz CT molecular complexity index is 729. The van der Waals surface area contributed by atoms with Crippen LogP contribution >= 0.6 is 15.9 Å². The highest BCUT2D eigenvalue weighted by molar-refractivity contribution is 9.10. The van der Waals surface area contributed by atoms with Crippen LogP contribution in [0.2, 0.25) is 0 Å². The molecule has 0 saturated heterocycles. The van der Waals surface area contributed by atoms with E-state index in [1.807, 2.05) is 37.3 Å². The first kappa shape index (κ1) is 17.2. The Labute approximate surface area is 144 Å². The van der Waals surface area contributed by atoms with Crippen molar-refractivity contribution in [3.05, 3.63) is 58.1 Å². The first-order chi connectivity index (χ1) is 11.0. The normalized spacial score (nSPS) is 10.2. The van der Waals surface area contributed by atoms with Crippen molar-refractivity contribution >= 4 is 39.0 Å². The zero-order valence-electron chi connectivity index (χ0n) is 13.2. The van der Waals surface area contributed by atoms with Crippen molar-refractivity contribution < 1.29 is 9.59 Å². The van der Waals surface area contributed by atoms with Gasteiger partial charge in [0.05, 0.1) is 0 Å². The number of rotatable bonds is 6. The smallest absolute Gasteiger partial charge is 0.226 e. The van der Waals surface area contributed by atoms with Gasteiger partial charge in [-0.2, -0.15) is 0 Å². The number of anilines is 2. The quantitative estimate of drug-likeness (QED) is 0.736. The summed E-state index contributed by atoms with van der Waals surface area (Å²) >= 11 is 3.40. The number of amides is 1. The van der Waals surface area contributed by atoms with Crippen molar-refractivity contribution in [2.75, 3.05) is 17.2 Å². The molecule has 0 aliphatic rings. The molecule has 0 radical (unpaired) electrons. The number of aryl methyl sites for hydroxylation is 1. The average molecular weight is 375 g/mol. The molecule has 0 aliphatic carbocycles. The Hall–Kier alpha value is -2.14. The third-order valence-corrected chi connectivity index (χ3v) is 3.91. The lowest BCUT2D eigenvalue weighted by molar-refractivity contribution is -0.115. The van der Waals surface area contributed by atoms with Crippen LogP contribution in [-0.4, -0.2) is 18.2 Å². The van der Waals surface area contributed by atoms with Crippen LogP contribution in [0.3, 0.4) is 0 Å². The number of carbonyl (C=O) groups excluding carboxylic acids is 2. The SMILES string of the molecule is CC(=O)c1cccc(NCCC(=O)Nc2ccc(Br)cc2C)c1. The van der Waals surface area contributed by atoms with E-state index in [1.165, 1.54) is 6.92 Å². The summed E-state index contributed by atoms with van der Waals surface area (Å²) in [5.41, 5.74) is 3.32. The molecular weight excluding hydrogens is 356 g/mol. The summed E-state index contributed by atoms with van der Waals surface area (Å²) in [5, 5.41) is 6.06. The molecule has 2 N–H and O–H groups in total. The van der Waals surface area contributed by atoms with E-state index >= 15 is 0 Å². The van der Waals surface area contributed by atoms with Gasteiger partial charge in [-0.15, -0.1) is 0 Å². The Morgan fingerprint density at radius 1 is 1.13 bits per heavy atom. The summed E-state index contributed by atoms with van der Waals surface area (Å²) in [6.45, 7) is 3.99. The number of nitrogens with one attached hydrogen (secondary N) is 2. The molecule has 2 aromatic rings. The second-order valence-corrected chi connectivity index (χ2v) is 6.24. The lowest BCUT2D eigenvalue weighted by Crippen LogP contribution is -2.16. The third kappa shape index (κ3) is 5.21. The third-order valence-electron chi connectivity index (χ3n) is 3.41. The first-order valence-electron chi connectivity index (χ1n) is 7.36. The topological polar surface area (TPSA) is 58.2 Å². The van der Waals surface area contributed by atoms with Gasteiger partial charge in [-0.3, -0.25) is 9.59 Å². The first-order valence-corrected chi connectivity index (χ1v) is 8.16. The second-order valence-electron chi connectivity index (χ2n) is 5.32. The lowest BCUT2D eigenvalue weighted by Gasteiger charge is -2.10. The number of halogens is 1. The minimum absolute atomic E-state index is 0.0251. The molecule has 0 heterocycles. The van der Waals surface area contributed by atoms with Gasteiger partial charge < -0.3 is 10.6 Å². The summed E-state index contributed by atoms with van der Waals surface area (Å²) in [4.78, 5) is 23.3. The molecule has 0 bridgehead atoms. The van der Waals surface area contributed by atoms with Crippen molar-refractivity contribution in [1.29, 1.82) is 0 Å². The van der Waals surface area contributed by atoms with Crippen LogP contribution in [0.25, 0.3) is 0 Å². The zero-order chi connectivity index (χ0) is 16.8. The van der Waals surface area contributed by atoms with E-state index in [2.05, 4.69) is 26.6 Å². The van der Waals surface area contributed by atoms with Crippen molar-refractivity contribution in [1.82, 2.24) is 0 Å². The molecule has 0 aliphatic heterocycles. The highest BCUT2D eigenvalue weighted by Gasteiger charge is 2.05. The van der Waals surface area contributed by atoms with Crippen LogP contribution in [0.15, 0.2) is 46.9 Å². The maximum Gasteiger partial charge on any atom is 0.226 e. The van der Waals surface area contributed by atoms with Crippen LogP contribution in [0.5, 0.6) is 0 Å².